The first-order chi connectivity index (χ1) is 9.52. The van der Waals surface area contributed by atoms with Gasteiger partial charge in [0.15, 0.2) is 0 Å². The van der Waals surface area contributed by atoms with E-state index in [0.717, 1.165) is 12.1 Å². The van der Waals surface area contributed by atoms with Gasteiger partial charge >= 0.3 is 0 Å². The highest BCUT2D eigenvalue weighted by atomic mass is 35.5. The van der Waals surface area contributed by atoms with Gasteiger partial charge < -0.3 is 0 Å². The summed E-state index contributed by atoms with van der Waals surface area (Å²) in [6.07, 6.45) is 0.0605. The molecule has 6 heteroatoms. The van der Waals surface area contributed by atoms with E-state index in [1.165, 1.54) is 24.3 Å². The number of nitrogens with one attached hydrogen (secondary N) is 1. The minimum absolute atomic E-state index is 0.0605. The predicted molar refractivity (Wildman–Crippen MR) is 71.5 cm³/mol. The summed E-state index contributed by atoms with van der Waals surface area (Å²) in [7, 11) is 0. The van der Waals surface area contributed by atoms with Gasteiger partial charge in [-0.25, -0.2) is 13.2 Å². The molecule has 2 rings (SSSR count). The lowest BCUT2D eigenvalue weighted by Crippen LogP contribution is -2.31. The van der Waals surface area contributed by atoms with Crippen LogP contribution in [0.1, 0.15) is 17.2 Å². The van der Waals surface area contributed by atoms with Crippen molar-refractivity contribution < 1.29 is 13.2 Å². The Bertz CT molecular complexity index is 599. The zero-order valence-corrected chi connectivity index (χ0v) is 11.1. The number of hydrazine groups is 1. The standard InChI is InChI=1S/C14H12ClF3N2/c15-10-5-4-9(16)6-8(10)7-13(20-19)14-11(17)2-1-3-12(14)18/h1-6,13,20H,7,19H2. The monoisotopic (exact) mass is 300 g/mol. The molecule has 20 heavy (non-hydrogen) atoms. The Labute approximate surface area is 119 Å². The van der Waals surface area contributed by atoms with Crippen LogP contribution in [0.5, 0.6) is 0 Å². The second kappa shape index (κ2) is 6.26. The van der Waals surface area contributed by atoms with Crippen molar-refractivity contribution in [2.24, 2.45) is 5.84 Å². The van der Waals surface area contributed by atoms with Crippen LogP contribution in [0.15, 0.2) is 36.4 Å². The average Bonchev–Trinajstić information content (AvgIpc) is 2.41. The van der Waals surface area contributed by atoms with Crippen LogP contribution in [0.4, 0.5) is 13.2 Å². The molecule has 0 amide bonds. The maximum absolute atomic E-state index is 13.7. The summed E-state index contributed by atoms with van der Waals surface area (Å²) in [4.78, 5) is 0. The quantitative estimate of drug-likeness (QED) is 0.670. The molecule has 0 fully saturated rings. The second-order valence-corrected chi connectivity index (χ2v) is 4.70. The summed E-state index contributed by atoms with van der Waals surface area (Å²) >= 11 is 5.94. The Kier molecular flexibility index (Phi) is 4.65. The van der Waals surface area contributed by atoms with Crippen LogP contribution < -0.4 is 11.3 Å². The van der Waals surface area contributed by atoms with Crippen LogP contribution in [-0.2, 0) is 6.42 Å². The van der Waals surface area contributed by atoms with Crippen molar-refractivity contribution in [1.29, 1.82) is 0 Å². The fourth-order valence-corrected chi connectivity index (χ4v) is 2.20. The SMILES string of the molecule is NNC(Cc1cc(F)ccc1Cl)c1c(F)cccc1F. The summed E-state index contributed by atoms with van der Waals surface area (Å²) in [5.74, 6) is 3.44. The minimum atomic E-state index is -0.851. The van der Waals surface area contributed by atoms with Gasteiger partial charge in [0.25, 0.3) is 0 Å². The Morgan fingerprint density at radius 2 is 1.75 bits per heavy atom. The highest BCUT2D eigenvalue weighted by molar-refractivity contribution is 6.31. The second-order valence-electron chi connectivity index (χ2n) is 4.29. The Morgan fingerprint density at radius 1 is 1.10 bits per heavy atom. The van der Waals surface area contributed by atoms with Crippen molar-refractivity contribution in [2.75, 3.05) is 0 Å². The van der Waals surface area contributed by atoms with Crippen LogP contribution in [0, 0.1) is 17.5 Å². The molecule has 0 aliphatic rings. The number of hydrogen-bond acceptors (Lipinski definition) is 2. The molecule has 0 saturated carbocycles. The number of rotatable bonds is 4. The third-order valence-corrected chi connectivity index (χ3v) is 3.35. The maximum atomic E-state index is 13.7. The van der Waals surface area contributed by atoms with E-state index in [-0.39, 0.29) is 12.0 Å². The van der Waals surface area contributed by atoms with Crippen molar-refractivity contribution in [3.05, 3.63) is 70.0 Å². The minimum Gasteiger partial charge on any atom is -0.271 e. The van der Waals surface area contributed by atoms with Gasteiger partial charge in [0.2, 0.25) is 0 Å². The van der Waals surface area contributed by atoms with Gasteiger partial charge in [0.1, 0.15) is 17.5 Å². The molecule has 0 spiro atoms. The lowest BCUT2D eigenvalue weighted by atomic mass is 9.98. The molecule has 3 N–H and O–H groups in total. The van der Waals surface area contributed by atoms with E-state index in [2.05, 4.69) is 5.43 Å². The molecule has 1 unspecified atom stereocenters. The molecule has 0 heterocycles. The van der Waals surface area contributed by atoms with Crippen molar-refractivity contribution in [2.45, 2.75) is 12.5 Å². The molecule has 106 valence electrons. The third-order valence-electron chi connectivity index (χ3n) is 2.98. The molecular formula is C14H12ClF3N2. The number of benzene rings is 2. The molecule has 0 aliphatic carbocycles. The molecule has 1 atom stereocenters. The topological polar surface area (TPSA) is 38.0 Å². The maximum Gasteiger partial charge on any atom is 0.130 e. The largest absolute Gasteiger partial charge is 0.271 e. The van der Waals surface area contributed by atoms with Crippen molar-refractivity contribution in [3.8, 4) is 0 Å². The lowest BCUT2D eigenvalue weighted by molar-refractivity contribution is 0.472. The van der Waals surface area contributed by atoms with E-state index < -0.39 is 23.5 Å². The predicted octanol–water partition coefficient (Wildman–Crippen LogP) is 3.50. The zero-order valence-electron chi connectivity index (χ0n) is 10.3. The molecule has 0 saturated heterocycles. The molecule has 2 nitrogen and oxygen atoms in total. The van der Waals surface area contributed by atoms with E-state index in [1.807, 2.05) is 0 Å². The fraction of sp³-hybridized carbons (Fsp3) is 0.143. The molecule has 2 aromatic rings. The van der Waals surface area contributed by atoms with Crippen molar-refractivity contribution in [1.82, 2.24) is 5.43 Å². The van der Waals surface area contributed by atoms with Gasteiger partial charge in [-0.3, -0.25) is 11.3 Å². The zero-order chi connectivity index (χ0) is 14.7. The first kappa shape index (κ1) is 14.8. The summed E-state index contributed by atoms with van der Waals surface area (Å²) in [6, 6.07) is 6.49. The fourth-order valence-electron chi connectivity index (χ4n) is 2.01. The van der Waals surface area contributed by atoms with Crippen LogP contribution in [0.2, 0.25) is 5.02 Å². The summed E-state index contributed by atoms with van der Waals surface area (Å²) in [5.41, 5.74) is 2.55. The number of hydrogen-bond donors (Lipinski definition) is 2. The van der Waals surface area contributed by atoms with E-state index in [4.69, 9.17) is 17.4 Å². The summed E-state index contributed by atoms with van der Waals surface area (Å²) in [6.45, 7) is 0. The molecule has 0 aromatic heterocycles. The van der Waals surface area contributed by atoms with E-state index in [9.17, 15) is 13.2 Å². The van der Waals surface area contributed by atoms with Gasteiger partial charge in [-0.05, 0) is 42.3 Å². The van der Waals surface area contributed by atoms with Crippen LogP contribution >= 0.6 is 11.6 Å². The van der Waals surface area contributed by atoms with Gasteiger partial charge in [-0.15, -0.1) is 0 Å². The highest BCUT2D eigenvalue weighted by Crippen LogP contribution is 2.27. The van der Waals surface area contributed by atoms with E-state index in [1.54, 1.807) is 0 Å². The molecule has 2 aromatic carbocycles. The van der Waals surface area contributed by atoms with Gasteiger partial charge in [0, 0.05) is 10.6 Å². The number of halogens is 4. The Hall–Kier alpha value is -1.56. The van der Waals surface area contributed by atoms with Crippen LogP contribution in [0.25, 0.3) is 0 Å². The number of nitrogens with two attached hydrogens (primary N) is 1. The van der Waals surface area contributed by atoms with Gasteiger partial charge in [-0.2, -0.15) is 0 Å². The average molecular weight is 301 g/mol. The molecular weight excluding hydrogens is 289 g/mol. The van der Waals surface area contributed by atoms with E-state index >= 15 is 0 Å². The van der Waals surface area contributed by atoms with Crippen molar-refractivity contribution >= 4 is 11.6 Å². The molecule has 0 bridgehead atoms. The smallest absolute Gasteiger partial charge is 0.130 e. The first-order valence-corrected chi connectivity index (χ1v) is 6.24. The molecule has 0 aliphatic heterocycles. The van der Waals surface area contributed by atoms with Gasteiger partial charge in [0.05, 0.1) is 6.04 Å². The summed E-state index contributed by atoms with van der Waals surface area (Å²) < 4.78 is 40.7. The Morgan fingerprint density at radius 3 is 2.35 bits per heavy atom. The lowest BCUT2D eigenvalue weighted by Gasteiger charge is -2.18. The van der Waals surface area contributed by atoms with Crippen LogP contribution in [0.3, 0.4) is 0 Å². The normalized spacial score (nSPS) is 12.4. The summed E-state index contributed by atoms with van der Waals surface area (Å²) in [5, 5.41) is 0.309. The van der Waals surface area contributed by atoms with E-state index in [0.29, 0.717) is 10.6 Å². The van der Waals surface area contributed by atoms with Gasteiger partial charge in [-0.1, -0.05) is 17.7 Å². The highest BCUT2D eigenvalue weighted by Gasteiger charge is 2.20. The first-order valence-electron chi connectivity index (χ1n) is 5.87. The van der Waals surface area contributed by atoms with Crippen LogP contribution in [-0.4, -0.2) is 0 Å². The molecule has 0 radical (unpaired) electrons. The van der Waals surface area contributed by atoms with Crippen molar-refractivity contribution in [3.63, 3.8) is 0 Å². The third kappa shape index (κ3) is 3.12. The Balaban J connectivity index is 2.36.